The molecule has 0 amide bonds. The monoisotopic (exact) mass is 372 g/mol. The van der Waals surface area contributed by atoms with Crippen LogP contribution in [0.5, 0.6) is 5.75 Å². The predicted molar refractivity (Wildman–Crippen MR) is 108 cm³/mol. The molecule has 2 N–H and O–H groups in total. The van der Waals surface area contributed by atoms with Crippen molar-refractivity contribution in [3.05, 3.63) is 45.9 Å². The molecule has 1 aliphatic carbocycles. The smallest absolute Gasteiger partial charge is 0.191 e. The Bertz CT molecular complexity index is 724. The summed E-state index contributed by atoms with van der Waals surface area (Å²) in [6.45, 7) is 3.67. The predicted octanol–water partition coefficient (Wildman–Crippen LogP) is 3.54. The molecule has 140 valence electrons. The molecule has 0 radical (unpaired) electrons. The van der Waals surface area contributed by atoms with Crippen LogP contribution in [0.15, 0.2) is 35.5 Å². The average Bonchev–Trinajstić information content (AvgIpc) is 3.10. The number of aromatic nitrogens is 1. The van der Waals surface area contributed by atoms with Gasteiger partial charge in [-0.3, -0.25) is 4.99 Å². The summed E-state index contributed by atoms with van der Waals surface area (Å²) in [5, 5.41) is 7.91. The normalized spacial score (nSPS) is 14.8. The van der Waals surface area contributed by atoms with E-state index in [0.29, 0.717) is 12.6 Å². The molecule has 1 heterocycles. The van der Waals surface area contributed by atoms with Crippen molar-refractivity contribution < 1.29 is 4.74 Å². The molecule has 1 fully saturated rings. The second kappa shape index (κ2) is 9.57. The van der Waals surface area contributed by atoms with Crippen LogP contribution >= 0.6 is 11.3 Å². The van der Waals surface area contributed by atoms with Gasteiger partial charge in [0.2, 0.25) is 0 Å². The zero-order valence-electron chi connectivity index (χ0n) is 15.6. The molecule has 1 saturated carbocycles. The van der Waals surface area contributed by atoms with Crippen molar-refractivity contribution in [2.45, 2.75) is 51.7 Å². The topological polar surface area (TPSA) is 58.5 Å². The summed E-state index contributed by atoms with van der Waals surface area (Å²) in [6.07, 6.45) is 7.94. The van der Waals surface area contributed by atoms with E-state index in [1.165, 1.54) is 29.1 Å². The van der Waals surface area contributed by atoms with Gasteiger partial charge in [-0.05, 0) is 31.7 Å². The van der Waals surface area contributed by atoms with Crippen molar-refractivity contribution >= 4 is 17.3 Å². The Morgan fingerprint density at radius 2 is 2.15 bits per heavy atom. The van der Waals surface area contributed by atoms with Gasteiger partial charge in [0.15, 0.2) is 5.96 Å². The standard InChI is InChI=1S/C20H28N4OS/c1-3-17-14-23-19(26-17)11-12-22-20(21-2)24-13-15-7-4-5-10-18(15)25-16-8-6-9-16/h4-5,7,10,14,16H,3,6,8-9,11-13H2,1-2H3,(H2,21,22,24). The first kappa shape index (κ1) is 18.7. The zero-order chi connectivity index (χ0) is 18.2. The van der Waals surface area contributed by atoms with E-state index in [1.54, 1.807) is 18.4 Å². The van der Waals surface area contributed by atoms with E-state index in [9.17, 15) is 0 Å². The van der Waals surface area contributed by atoms with Crippen molar-refractivity contribution in [3.63, 3.8) is 0 Å². The Kier molecular flexibility index (Phi) is 6.89. The Morgan fingerprint density at radius 3 is 2.85 bits per heavy atom. The van der Waals surface area contributed by atoms with Crippen LogP contribution in [-0.4, -0.2) is 30.6 Å². The Hall–Kier alpha value is -2.08. The van der Waals surface area contributed by atoms with Gasteiger partial charge in [0.05, 0.1) is 11.1 Å². The molecule has 0 bridgehead atoms. The molecule has 6 heteroatoms. The Labute approximate surface area is 159 Å². The number of aryl methyl sites for hydroxylation is 1. The first-order chi connectivity index (χ1) is 12.8. The van der Waals surface area contributed by atoms with Crippen LogP contribution in [-0.2, 0) is 19.4 Å². The molecule has 0 saturated heterocycles. The van der Waals surface area contributed by atoms with E-state index in [2.05, 4.69) is 45.7 Å². The second-order valence-corrected chi connectivity index (χ2v) is 7.65. The van der Waals surface area contributed by atoms with Crippen LogP contribution in [0.3, 0.4) is 0 Å². The molecule has 1 aromatic carbocycles. The molecule has 1 aliphatic rings. The molecule has 0 unspecified atom stereocenters. The highest BCUT2D eigenvalue weighted by atomic mass is 32.1. The first-order valence-corrected chi connectivity index (χ1v) is 10.2. The fraction of sp³-hybridized carbons (Fsp3) is 0.500. The number of hydrogen-bond acceptors (Lipinski definition) is 4. The Morgan fingerprint density at radius 1 is 1.31 bits per heavy atom. The third-order valence-corrected chi connectivity index (χ3v) is 5.77. The number of aliphatic imine (C=N–C) groups is 1. The summed E-state index contributed by atoms with van der Waals surface area (Å²) < 4.78 is 6.09. The third kappa shape index (κ3) is 5.21. The van der Waals surface area contributed by atoms with E-state index in [4.69, 9.17) is 4.74 Å². The largest absolute Gasteiger partial charge is 0.490 e. The van der Waals surface area contributed by atoms with Gasteiger partial charge < -0.3 is 15.4 Å². The summed E-state index contributed by atoms with van der Waals surface area (Å²) in [7, 11) is 1.80. The molecule has 0 atom stereocenters. The van der Waals surface area contributed by atoms with Gasteiger partial charge in [-0.15, -0.1) is 11.3 Å². The van der Waals surface area contributed by atoms with E-state index in [0.717, 1.165) is 36.7 Å². The second-order valence-electron chi connectivity index (χ2n) is 6.45. The summed E-state index contributed by atoms with van der Waals surface area (Å²) in [5.41, 5.74) is 1.16. The van der Waals surface area contributed by atoms with E-state index in [1.807, 2.05) is 12.3 Å². The molecule has 26 heavy (non-hydrogen) atoms. The van der Waals surface area contributed by atoms with Gasteiger partial charge in [0.1, 0.15) is 5.75 Å². The maximum Gasteiger partial charge on any atom is 0.191 e. The fourth-order valence-corrected chi connectivity index (χ4v) is 3.61. The lowest BCUT2D eigenvalue weighted by atomic mass is 9.96. The Balaban J connectivity index is 1.46. The quantitative estimate of drug-likeness (QED) is 0.550. The molecule has 2 aromatic rings. The van der Waals surface area contributed by atoms with Gasteiger partial charge in [0.25, 0.3) is 0 Å². The average molecular weight is 373 g/mol. The van der Waals surface area contributed by atoms with Gasteiger partial charge in [-0.2, -0.15) is 0 Å². The van der Waals surface area contributed by atoms with E-state index >= 15 is 0 Å². The molecule has 1 aromatic heterocycles. The highest BCUT2D eigenvalue weighted by molar-refractivity contribution is 7.11. The molecular weight excluding hydrogens is 344 g/mol. The van der Waals surface area contributed by atoms with Crippen molar-refractivity contribution in [2.75, 3.05) is 13.6 Å². The van der Waals surface area contributed by atoms with Crippen molar-refractivity contribution in [1.29, 1.82) is 0 Å². The number of benzene rings is 1. The van der Waals surface area contributed by atoms with E-state index < -0.39 is 0 Å². The van der Waals surface area contributed by atoms with Crippen LogP contribution < -0.4 is 15.4 Å². The third-order valence-electron chi connectivity index (χ3n) is 4.57. The SMILES string of the molecule is CCc1cnc(CCNC(=NC)NCc2ccccc2OC2CCC2)s1. The van der Waals surface area contributed by atoms with Crippen molar-refractivity contribution in [1.82, 2.24) is 15.6 Å². The molecule has 3 rings (SSSR count). The van der Waals surface area contributed by atoms with Gasteiger partial charge in [-0.1, -0.05) is 25.1 Å². The van der Waals surface area contributed by atoms with E-state index in [-0.39, 0.29) is 0 Å². The molecule has 0 spiro atoms. The lowest BCUT2D eigenvalue weighted by Crippen LogP contribution is -2.38. The van der Waals surface area contributed by atoms with Gasteiger partial charge >= 0.3 is 0 Å². The molecule has 5 nitrogen and oxygen atoms in total. The molecule has 0 aliphatic heterocycles. The van der Waals surface area contributed by atoms with Crippen LogP contribution in [0.2, 0.25) is 0 Å². The maximum atomic E-state index is 6.09. The van der Waals surface area contributed by atoms with Crippen LogP contribution in [0.1, 0.15) is 41.6 Å². The minimum absolute atomic E-state index is 0.389. The van der Waals surface area contributed by atoms with Crippen LogP contribution in [0, 0.1) is 0 Å². The van der Waals surface area contributed by atoms with Crippen molar-refractivity contribution in [3.8, 4) is 5.75 Å². The summed E-state index contributed by atoms with van der Waals surface area (Å²) in [4.78, 5) is 10.1. The number of nitrogens with zero attached hydrogens (tertiary/aromatic N) is 2. The number of para-hydroxylation sites is 1. The van der Waals surface area contributed by atoms with Crippen molar-refractivity contribution in [2.24, 2.45) is 4.99 Å². The highest BCUT2D eigenvalue weighted by Gasteiger charge is 2.20. The number of ether oxygens (including phenoxy) is 1. The zero-order valence-corrected chi connectivity index (χ0v) is 16.4. The lowest BCUT2D eigenvalue weighted by Gasteiger charge is -2.27. The number of thiazole rings is 1. The van der Waals surface area contributed by atoms with Gasteiger partial charge in [-0.25, -0.2) is 4.98 Å². The minimum Gasteiger partial charge on any atom is -0.490 e. The fourth-order valence-electron chi connectivity index (χ4n) is 2.75. The van der Waals surface area contributed by atoms with Crippen LogP contribution in [0.4, 0.5) is 0 Å². The summed E-state index contributed by atoms with van der Waals surface area (Å²) in [5.74, 6) is 1.78. The highest BCUT2D eigenvalue weighted by Crippen LogP contribution is 2.27. The lowest BCUT2D eigenvalue weighted by molar-refractivity contribution is 0.119. The summed E-state index contributed by atoms with van der Waals surface area (Å²) >= 11 is 1.79. The number of rotatable bonds is 8. The number of nitrogens with one attached hydrogen (secondary N) is 2. The number of guanidine groups is 1. The molecular formula is C20H28N4OS. The summed E-state index contributed by atoms with van der Waals surface area (Å²) in [6, 6.07) is 8.24. The first-order valence-electron chi connectivity index (χ1n) is 9.41. The van der Waals surface area contributed by atoms with Crippen LogP contribution in [0.25, 0.3) is 0 Å². The van der Waals surface area contributed by atoms with Gasteiger partial charge in [0, 0.05) is 43.2 Å². The minimum atomic E-state index is 0.389. The maximum absolute atomic E-state index is 6.09. The number of hydrogen-bond donors (Lipinski definition) is 2.